The fourth-order valence-electron chi connectivity index (χ4n) is 3.91. The minimum atomic E-state index is -0.608. The number of ether oxygens (including phenoxy) is 1. The van der Waals surface area contributed by atoms with Crippen molar-refractivity contribution < 1.29 is 14.6 Å². The van der Waals surface area contributed by atoms with Crippen LogP contribution in [0.25, 0.3) is 0 Å². The molecule has 3 aliphatic heterocycles. The first kappa shape index (κ1) is 11.5. The second kappa shape index (κ2) is 4.25. The molecule has 3 heterocycles. The van der Waals surface area contributed by atoms with E-state index in [0.717, 1.165) is 32.2 Å². The Labute approximate surface area is 102 Å². The molecule has 0 aromatic heterocycles. The van der Waals surface area contributed by atoms with Crippen molar-refractivity contribution >= 4 is 5.97 Å². The van der Waals surface area contributed by atoms with Crippen LogP contribution in [-0.4, -0.2) is 46.8 Å². The van der Waals surface area contributed by atoms with E-state index < -0.39 is 5.97 Å². The molecule has 3 saturated heterocycles. The van der Waals surface area contributed by atoms with Gasteiger partial charge in [-0.1, -0.05) is 0 Å². The highest BCUT2D eigenvalue weighted by atomic mass is 16.5. The summed E-state index contributed by atoms with van der Waals surface area (Å²) in [6, 6.07) is 0.776. The topological polar surface area (TPSA) is 49.8 Å². The van der Waals surface area contributed by atoms with Gasteiger partial charge in [0.1, 0.15) is 0 Å². The molecule has 5 atom stereocenters. The maximum absolute atomic E-state index is 11.2. The maximum atomic E-state index is 11.2. The van der Waals surface area contributed by atoms with E-state index >= 15 is 0 Å². The van der Waals surface area contributed by atoms with Gasteiger partial charge >= 0.3 is 5.97 Å². The summed E-state index contributed by atoms with van der Waals surface area (Å²) in [6.45, 7) is 3.07. The molecular formula is C13H21NO3. The predicted octanol–water partition coefficient (Wildman–Crippen LogP) is 1.49. The van der Waals surface area contributed by atoms with Gasteiger partial charge in [-0.25, -0.2) is 0 Å². The normalized spacial score (nSPS) is 45.6. The van der Waals surface area contributed by atoms with E-state index in [4.69, 9.17) is 4.74 Å². The molecule has 4 heteroatoms. The second-order valence-corrected chi connectivity index (χ2v) is 5.82. The van der Waals surface area contributed by atoms with E-state index in [1.807, 2.05) is 0 Å². The maximum Gasteiger partial charge on any atom is 0.308 e. The lowest BCUT2D eigenvalue weighted by atomic mass is 9.89. The highest BCUT2D eigenvalue weighted by molar-refractivity contribution is 5.71. The Morgan fingerprint density at radius 2 is 2.18 bits per heavy atom. The Bertz CT molecular complexity index is 320. The molecule has 96 valence electrons. The van der Waals surface area contributed by atoms with Crippen molar-refractivity contribution in [3.05, 3.63) is 0 Å². The zero-order valence-electron chi connectivity index (χ0n) is 10.3. The van der Waals surface area contributed by atoms with Gasteiger partial charge in [-0.3, -0.25) is 9.69 Å². The van der Waals surface area contributed by atoms with Gasteiger partial charge in [0, 0.05) is 18.6 Å². The molecule has 17 heavy (non-hydrogen) atoms. The summed E-state index contributed by atoms with van der Waals surface area (Å²) >= 11 is 0. The quantitative estimate of drug-likeness (QED) is 0.810. The lowest BCUT2D eigenvalue weighted by Crippen LogP contribution is -2.38. The standard InChI is InChI=1S/C13H21NO3/c1-8-2-4-10(17-8)7-14-9-3-5-12(14)11(6-9)13(15)16/h8-12H,2-7H2,1H3,(H,15,16). The van der Waals surface area contributed by atoms with Gasteiger partial charge in [-0.2, -0.15) is 0 Å². The zero-order chi connectivity index (χ0) is 12.0. The number of carboxylic acid groups (broad SMARTS) is 1. The molecule has 0 aromatic carbocycles. The van der Waals surface area contributed by atoms with Gasteiger partial charge in [0.2, 0.25) is 0 Å². The molecule has 3 fully saturated rings. The predicted molar refractivity (Wildman–Crippen MR) is 62.8 cm³/mol. The average Bonchev–Trinajstić information content (AvgIpc) is 2.95. The van der Waals surface area contributed by atoms with Crippen LogP contribution in [0.5, 0.6) is 0 Å². The van der Waals surface area contributed by atoms with Gasteiger partial charge in [-0.15, -0.1) is 0 Å². The van der Waals surface area contributed by atoms with Crippen LogP contribution in [0.15, 0.2) is 0 Å². The third-order valence-corrected chi connectivity index (χ3v) is 4.73. The number of aliphatic carboxylic acids is 1. The molecule has 0 aliphatic carbocycles. The summed E-state index contributed by atoms with van der Waals surface area (Å²) in [5, 5.41) is 9.20. The smallest absolute Gasteiger partial charge is 0.308 e. The van der Waals surface area contributed by atoms with Crippen molar-refractivity contribution in [3.8, 4) is 0 Å². The number of hydrogen-bond acceptors (Lipinski definition) is 3. The van der Waals surface area contributed by atoms with Gasteiger partial charge in [0.15, 0.2) is 0 Å². The van der Waals surface area contributed by atoms with E-state index in [2.05, 4.69) is 11.8 Å². The highest BCUT2D eigenvalue weighted by Crippen LogP contribution is 2.42. The van der Waals surface area contributed by atoms with Crippen LogP contribution in [0, 0.1) is 5.92 Å². The summed E-state index contributed by atoms with van der Waals surface area (Å²) in [5.74, 6) is -0.740. The summed E-state index contributed by atoms with van der Waals surface area (Å²) < 4.78 is 5.85. The fraction of sp³-hybridized carbons (Fsp3) is 0.923. The fourth-order valence-corrected chi connectivity index (χ4v) is 3.91. The summed E-state index contributed by atoms with van der Waals surface area (Å²) in [6.07, 6.45) is 6.09. The van der Waals surface area contributed by atoms with E-state index in [1.165, 1.54) is 6.42 Å². The molecule has 0 amide bonds. The number of fused-ring (bicyclic) bond motifs is 2. The Morgan fingerprint density at radius 1 is 1.35 bits per heavy atom. The van der Waals surface area contributed by atoms with Crippen LogP contribution >= 0.6 is 0 Å². The first-order valence-electron chi connectivity index (χ1n) is 6.79. The number of carboxylic acids is 1. The first-order valence-corrected chi connectivity index (χ1v) is 6.79. The van der Waals surface area contributed by atoms with Gasteiger partial charge in [0.25, 0.3) is 0 Å². The van der Waals surface area contributed by atoms with Crippen LogP contribution in [0.2, 0.25) is 0 Å². The SMILES string of the molecule is CC1CCC(CN2C3CCC2C(C(=O)O)C3)O1. The second-order valence-electron chi connectivity index (χ2n) is 5.82. The molecular weight excluding hydrogens is 218 g/mol. The molecule has 3 rings (SSSR count). The van der Waals surface area contributed by atoms with Crippen LogP contribution in [-0.2, 0) is 9.53 Å². The highest BCUT2D eigenvalue weighted by Gasteiger charge is 2.49. The van der Waals surface area contributed by atoms with Crippen molar-refractivity contribution in [2.24, 2.45) is 5.92 Å². The van der Waals surface area contributed by atoms with Crippen molar-refractivity contribution in [2.75, 3.05) is 6.54 Å². The molecule has 4 nitrogen and oxygen atoms in total. The van der Waals surface area contributed by atoms with Crippen LogP contribution in [0.4, 0.5) is 0 Å². The largest absolute Gasteiger partial charge is 0.481 e. The van der Waals surface area contributed by atoms with Crippen molar-refractivity contribution in [3.63, 3.8) is 0 Å². The lowest BCUT2D eigenvalue weighted by molar-refractivity contribution is -0.142. The van der Waals surface area contributed by atoms with Gasteiger partial charge < -0.3 is 9.84 Å². The van der Waals surface area contributed by atoms with E-state index in [1.54, 1.807) is 0 Å². The number of hydrogen-bond donors (Lipinski definition) is 1. The Morgan fingerprint density at radius 3 is 2.76 bits per heavy atom. The third-order valence-electron chi connectivity index (χ3n) is 4.73. The van der Waals surface area contributed by atoms with Crippen molar-refractivity contribution in [1.82, 2.24) is 4.90 Å². The molecule has 0 radical (unpaired) electrons. The van der Waals surface area contributed by atoms with Crippen LogP contribution < -0.4 is 0 Å². The minimum absolute atomic E-state index is 0.132. The Balaban J connectivity index is 1.63. The molecule has 2 bridgehead atoms. The molecule has 0 aromatic rings. The number of nitrogens with zero attached hydrogens (tertiary/aromatic N) is 1. The molecule has 0 saturated carbocycles. The van der Waals surface area contributed by atoms with Crippen LogP contribution in [0.3, 0.4) is 0 Å². The minimum Gasteiger partial charge on any atom is -0.481 e. The summed E-state index contributed by atoms with van der Waals surface area (Å²) in [7, 11) is 0. The van der Waals surface area contributed by atoms with Crippen molar-refractivity contribution in [1.29, 1.82) is 0 Å². The number of rotatable bonds is 3. The zero-order valence-corrected chi connectivity index (χ0v) is 10.3. The van der Waals surface area contributed by atoms with E-state index in [0.29, 0.717) is 18.2 Å². The van der Waals surface area contributed by atoms with E-state index in [-0.39, 0.29) is 12.0 Å². The molecule has 5 unspecified atom stereocenters. The van der Waals surface area contributed by atoms with Gasteiger partial charge in [-0.05, 0) is 39.0 Å². The van der Waals surface area contributed by atoms with Crippen LogP contribution in [0.1, 0.15) is 39.0 Å². The van der Waals surface area contributed by atoms with E-state index in [9.17, 15) is 9.90 Å². The van der Waals surface area contributed by atoms with Gasteiger partial charge in [0.05, 0.1) is 18.1 Å². The lowest BCUT2D eigenvalue weighted by Gasteiger charge is -2.25. The molecule has 3 aliphatic rings. The number of carbonyl (C=O) groups is 1. The monoisotopic (exact) mass is 239 g/mol. The molecule has 0 spiro atoms. The summed E-state index contributed by atoms with van der Waals surface area (Å²) in [4.78, 5) is 13.6. The Kier molecular flexibility index (Phi) is 2.87. The average molecular weight is 239 g/mol. The van der Waals surface area contributed by atoms with Crippen molar-refractivity contribution in [2.45, 2.75) is 63.3 Å². The third kappa shape index (κ3) is 1.97. The Hall–Kier alpha value is -0.610. The first-order chi connectivity index (χ1) is 8.15. The summed E-state index contributed by atoms with van der Waals surface area (Å²) in [5.41, 5.74) is 0. The molecule has 1 N–H and O–H groups in total.